The number of hydrogen-bond acceptors (Lipinski definition) is 2. The van der Waals surface area contributed by atoms with Gasteiger partial charge in [-0.15, -0.1) is 0 Å². The summed E-state index contributed by atoms with van der Waals surface area (Å²) < 4.78 is 5.41. The van der Waals surface area contributed by atoms with Gasteiger partial charge in [0.25, 0.3) is 0 Å². The molecule has 0 bridgehead atoms. The minimum absolute atomic E-state index is 0.138. The Morgan fingerprint density at radius 2 is 2.00 bits per heavy atom. The van der Waals surface area contributed by atoms with Crippen molar-refractivity contribution in [1.82, 2.24) is 0 Å². The van der Waals surface area contributed by atoms with Crippen LogP contribution in [0.1, 0.15) is 31.3 Å². The van der Waals surface area contributed by atoms with E-state index in [9.17, 15) is 4.79 Å². The van der Waals surface area contributed by atoms with Crippen molar-refractivity contribution in [3.8, 4) is 0 Å². The van der Waals surface area contributed by atoms with E-state index in [1.165, 1.54) is 0 Å². The lowest BCUT2D eigenvalue weighted by atomic mass is 10.2. The molecule has 1 aromatic heterocycles. The highest BCUT2D eigenvalue weighted by atomic mass is 16.4. The van der Waals surface area contributed by atoms with Gasteiger partial charge in [0.05, 0.1) is 6.42 Å². The van der Waals surface area contributed by atoms with Gasteiger partial charge in [0, 0.05) is 12.8 Å². The number of aliphatic carboxylic acids is 1. The first-order valence-corrected chi connectivity index (χ1v) is 4.51. The molecular formula is C10H14O3. The highest BCUT2D eigenvalue weighted by Gasteiger charge is 2.03. The summed E-state index contributed by atoms with van der Waals surface area (Å²) in [5, 5.41) is 8.44. The number of carboxylic acid groups (broad SMARTS) is 1. The Morgan fingerprint density at radius 1 is 1.38 bits per heavy atom. The summed E-state index contributed by atoms with van der Waals surface area (Å²) in [7, 11) is 0. The maximum Gasteiger partial charge on any atom is 0.303 e. The first-order valence-electron chi connectivity index (χ1n) is 4.51. The van der Waals surface area contributed by atoms with Crippen molar-refractivity contribution in [2.45, 2.75) is 32.6 Å². The molecule has 72 valence electrons. The second-order valence-corrected chi connectivity index (χ2v) is 3.01. The number of rotatable bonds is 5. The molecule has 0 spiro atoms. The summed E-state index contributed by atoms with van der Waals surface area (Å²) in [6, 6.07) is 3.77. The Labute approximate surface area is 77.4 Å². The van der Waals surface area contributed by atoms with Gasteiger partial charge in [-0.05, 0) is 18.6 Å². The third-order valence-electron chi connectivity index (χ3n) is 1.80. The van der Waals surface area contributed by atoms with Gasteiger partial charge >= 0.3 is 5.97 Å². The average molecular weight is 182 g/mol. The van der Waals surface area contributed by atoms with Gasteiger partial charge in [-0.2, -0.15) is 0 Å². The van der Waals surface area contributed by atoms with Crippen molar-refractivity contribution in [3.05, 3.63) is 23.7 Å². The molecule has 13 heavy (non-hydrogen) atoms. The fraction of sp³-hybridized carbons (Fsp3) is 0.500. The van der Waals surface area contributed by atoms with E-state index in [2.05, 4.69) is 6.92 Å². The first-order chi connectivity index (χ1) is 6.22. The molecule has 1 rings (SSSR count). The van der Waals surface area contributed by atoms with Crippen molar-refractivity contribution in [1.29, 1.82) is 0 Å². The summed E-state index contributed by atoms with van der Waals surface area (Å²) in [4.78, 5) is 10.3. The summed E-state index contributed by atoms with van der Waals surface area (Å²) in [5.74, 6) is 0.933. The average Bonchev–Trinajstić information content (AvgIpc) is 2.50. The minimum Gasteiger partial charge on any atom is -0.481 e. The van der Waals surface area contributed by atoms with E-state index in [0.717, 1.165) is 24.4 Å². The van der Waals surface area contributed by atoms with E-state index in [-0.39, 0.29) is 6.42 Å². The van der Waals surface area contributed by atoms with Gasteiger partial charge in [-0.1, -0.05) is 6.92 Å². The van der Waals surface area contributed by atoms with E-state index in [1.54, 1.807) is 0 Å². The topological polar surface area (TPSA) is 50.4 Å². The Bertz CT molecular complexity index is 275. The number of aryl methyl sites for hydroxylation is 2. The van der Waals surface area contributed by atoms with Gasteiger partial charge in [-0.25, -0.2) is 0 Å². The van der Waals surface area contributed by atoms with Gasteiger partial charge in [0.15, 0.2) is 0 Å². The van der Waals surface area contributed by atoms with E-state index in [0.29, 0.717) is 6.42 Å². The molecular weight excluding hydrogens is 168 g/mol. The maximum absolute atomic E-state index is 10.3. The zero-order valence-corrected chi connectivity index (χ0v) is 7.75. The molecule has 1 heterocycles. The van der Waals surface area contributed by atoms with Crippen LogP contribution in [0.25, 0.3) is 0 Å². The Balaban J connectivity index is 2.44. The number of hydrogen-bond donors (Lipinski definition) is 1. The number of carbonyl (C=O) groups is 1. The molecule has 0 aliphatic rings. The molecule has 0 saturated heterocycles. The minimum atomic E-state index is -0.784. The van der Waals surface area contributed by atoms with E-state index in [1.807, 2.05) is 12.1 Å². The summed E-state index contributed by atoms with van der Waals surface area (Å²) in [5.41, 5.74) is 0. The predicted octanol–water partition coefficient (Wildman–Crippen LogP) is 2.25. The van der Waals surface area contributed by atoms with Crippen molar-refractivity contribution >= 4 is 5.97 Å². The SMILES string of the molecule is CCCc1ccc(CCC(=O)O)o1. The van der Waals surface area contributed by atoms with Crippen molar-refractivity contribution in [2.75, 3.05) is 0 Å². The van der Waals surface area contributed by atoms with Crippen LogP contribution in [-0.2, 0) is 17.6 Å². The van der Waals surface area contributed by atoms with Crippen LogP contribution in [0.15, 0.2) is 16.5 Å². The standard InChI is InChI=1S/C10H14O3/c1-2-3-8-4-5-9(13-8)6-7-10(11)12/h4-5H,2-3,6-7H2,1H3,(H,11,12). The van der Waals surface area contributed by atoms with Gasteiger partial charge in [0.2, 0.25) is 0 Å². The molecule has 0 aliphatic carbocycles. The van der Waals surface area contributed by atoms with Gasteiger partial charge in [0.1, 0.15) is 11.5 Å². The lowest BCUT2D eigenvalue weighted by molar-refractivity contribution is -0.137. The van der Waals surface area contributed by atoms with Crippen LogP contribution < -0.4 is 0 Å². The molecule has 0 aromatic carbocycles. The van der Waals surface area contributed by atoms with Gasteiger partial charge < -0.3 is 9.52 Å². The van der Waals surface area contributed by atoms with Crippen molar-refractivity contribution in [2.24, 2.45) is 0 Å². The second kappa shape index (κ2) is 4.70. The van der Waals surface area contributed by atoms with Gasteiger partial charge in [-0.3, -0.25) is 4.79 Å². The van der Waals surface area contributed by atoms with Crippen LogP contribution in [0.5, 0.6) is 0 Å². The fourth-order valence-corrected chi connectivity index (χ4v) is 1.17. The molecule has 3 heteroatoms. The lowest BCUT2D eigenvalue weighted by Gasteiger charge is -1.93. The molecule has 0 radical (unpaired) electrons. The van der Waals surface area contributed by atoms with Crippen LogP contribution in [0.2, 0.25) is 0 Å². The van der Waals surface area contributed by atoms with Crippen LogP contribution in [0.3, 0.4) is 0 Å². The third kappa shape index (κ3) is 3.32. The molecule has 0 amide bonds. The Hall–Kier alpha value is -1.25. The molecule has 0 saturated carbocycles. The summed E-state index contributed by atoms with van der Waals surface area (Å²) >= 11 is 0. The van der Waals surface area contributed by atoms with Crippen LogP contribution in [0, 0.1) is 0 Å². The van der Waals surface area contributed by atoms with Crippen LogP contribution >= 0.6 is 0 Å². The normalized spacial score (nSPS) is 10.2. The van der Waals surface area contributed by atoms with E-state index >= 15 is 0 Å². The lowest BCUT2D eigenvalue weighted by Crippen LogP contribution is -1.96. The molecule has 1 aromatic rings. The second-order valence-electron chi connectivity index (χ2n) is 3.01. The highest BCUT2D eigenvalue weighted by Crippen LogP contribution is 2.11. The maximum atomic E-state index is 10.3. The number of carboxylic acids is 1. The predicted molar refractivity (Wildman–Crippen MR) is 48.7 cm³/mol. The molecule has 0 unspecified atom stereocenters. The summed E-state index contributed by atoms with van der Waals surface area (Å²) in [6.45, 7) is 2.08. The molecule has 0 aliphatic heterocycles. The third-order valence-corrected chi connectivity index (χ3v) is 1.80. The molecule has 0 fully saturated rings. The van der Waals surface area contributed by atoms with Crippen molar-refractivity contribution in [3.63, 3.8) is 0 Å². The zero-order valence-electron chi connectivity index (χ0n) is 7.75. The quantitative estimate of drug-likeness (QED) is 0.759. The monoisotopic (exact) mass is 182 g/mol. The van der Waals surface area contributed by atoms with E-state index in [4.69, 9.17) is 9.52 Å². The number of furan rings is 1. The van der Waals surface area contributed by atoms with Crippen LogP contribution in [-0.4, -0.2) is 11.1 Å². The zero-order chi connectivity index (χ0) is 9.68. The Kier molecular flexibility index (Phi) is 3.55. The first kappa shape index (κ1) is 9.84. The molecule has 1 N–H and O–H groups in total. The smallest absolute Gasteiger partial charge is 0.303 e. The Morgan fingerprint density at radius 3 is 2.54 bits per heavy atom. The largest absolute Gasteiger partial charge is 0.481 e. The molecule has 3 nitrogen and oxygen atoms in total. The highest BCUT2D eigenvalue weighted by molar-refractivity contribution is 5.66. The fourth-order valence-electron chi connectivity index (χ4n) is 1.17. The molecule has 0 atom stereocenters. The van der Waals surface area contributed by atoms with Crippen LogP contribution in [0.4, 0.5) is 0 Å². The summed E-state index contributed by atoms with van der Waals surface area (Å²) in [6.07, 6.45) is 2.59. The van der Waals surface area contributed by atoms with Crippen molar-refractivity contribution < 1.29 is 14.3 Å². The van der Waals surface area contributed by atoms with E-state index < -0.39 is 5.97 Å².